The summed E-state index contributed by atoms with van der Waals surface area (Å²) in [6, 6.07) is 0. The SMILES string of the molecule is CCC(C)(C(=O)OCC(F)(F)C(F)(F)F)C(F)(F)F. The fourth-order valence-electron chi connectivity index (χ4n) is 0.858. The average molecular weight is 302 g/mol. The van der Waals surface area contributed by atoms with Crippen molar-refractivity contribution in [3.05, 3.63) is 0 Å². The molecule has 0 aromatic carbocycles. The molecule has 2 nitrogen and oxygen atoms in total. The van der Waals surface area contributed by atoms with Gasteiger partial charge < -0.3 is 4.74 Å². The van der Waals surface area contributed by atoms with Crippen LogP contribution in [0.1, 0.15) is 20.3 Å². The van der Waals surface area contributed by atoms with E-state index in [2.05, 4.69) is 4.74 Å². The van der Waals surface area contributed by atoms with Crippen LogP contribution in [0.4, 0.5) is 35.1 Å². The molecular formula is C9H10F8O2. The molecule has 0 saturated heterocycles. The zero-order valence-corrected chi connectivity index (χ0v) is 9.75. The van der Waals surface area contributed by atoms with Crippen LogP contribution in [0, 0.1) is 5.41 Å². The van der Waals surface area contributed by atoms with Crippen LogP contribution in [0.15, 0.2) is 0 Å². The molecule has 0 aliphatic carbocycles. The van der Waals surface area contributed by atoms with E-state index < -0.39 is 42.7 Å². The Morgan fingerprint density at radius 1 is 0.947 bits per heavy atom. The highest BCUT2D eigenvalue weighted by Gasteiger charge is 2.61. The lowest BCUT2D eigenvalue weighted by Gasteiger charge is -2.29. The standard InChI is InChI=1S/C9H10F8O2/c1-3-6(2,8(12,13)14)5(18)19-4-7(10,11)9(15,16)17/h3-4H2,1-2H3. The molecule has 1 atom stereocenters. The molecule has 0 N–H and O–H groups in total. The maximum atomic E-state index is 12.5. The number of alkyl halides is 8. The molecule has 0 aromatic rings. The molecule has 0 fully saturated rings. The summed E-state index contributed by atoms with van der Waals surface area (Å²) in [7, 11) is 0. The van der Waals surface area contributed by atoms with Gasteiger partial charge >= 0.3 is 24.2 Å². The molecular weight excluding hydrogens is 292 g/mol. The van der Waals surface area contributed by atoms with E-state index in [0.29, 0.717) is 6.92 Å². The van der Waals surface area contributed by atoms with Crippen molar-refractivity contribution in [2.24, 2.45) is 5.41 Å². The zero-order valence-electron chi connectivity index (χ0n) is 9.75. The second-order valence-corrected chi connectivity index (χ2v) is 3.96. The van der Waals surface area contributed by atoms with Crippen LogP contribution in [0.25, 0.3) is 0 Å². The fraction of sp³-hybridized carbons (Fsp3) is 0.889. The van der Waals surface area contributed by atoms with Crippen LogP contribution >= 0.6 is 0 Å². The van der Waals surface area contributed by atoms with E-state index in [1.165, 1.54) is 0 Å². The van der Waals surface area contributed by atoms with E-state index >= 15 is 0 Å². The van der Waals surface area contributed by atoms with Crippen molar-refractivity contribution < 1.29 is 44.7 Å². The van der Waals surface area contributed by atoms with E-state index in [9.17, 15) is 39.9 Å². The van der Waals surface area contributed by atoms with Gasteiger partial charge in [0, 0.05) is 0 Å². The predicted octanol–water partition coefficient (Wildman–Crippen LogP) is 3.71. The lowest BCUT2D eigenvalue weighted by atomic mass is 9.87. The van der Waals surface area contributed by atoms with Gasteiger partial charge in [0.25, 0.3) is 0 Å². The number of hydrogen-bond donors (Lipinski definition) is 0. The van der Waals surface area contributed by atoms with Crippen molar-refractivity contribution in [1.82, 2.24) is 0 Å². The van der Waals surface area contributed by atoms with Gasteiger partial charge in [-0.2, -0.15) is 35.1 Å². The van der Waals surface area contributed by atoms with Crippen LogP contribution in [-0.4, -0.2) is 30.9 Å². The van der Waals surface area contributed by atoms with Crippen LogP contribution in [-0.2, 0) is 9.53 Å². The summed E-state index contributed by atoms with van der Waals surface area (Å²) in [5.74, 6) is -7.57. The summed E-state index contributed by atoms with van der Waals surface area (Å²) in [6.07, 6.45) is -12.0. The summed E-state index contributed by atoms with van der Waals surface area (Å²) in [5, 5.41) is 0. The summed E-state index contributed by atoms with van der Waals surface area (Å²) in [6.45, 7) is -1.20. The Morgan fingerprint density at radius 3 is 1.63 bits per heavy atom. The summed E-state index contributed by atoms with van der Waals surface area (Å²) in [5.41, 5.74) is -3.13. The second kappa shape index (κ2) is 5.12. The molecule has 0 saturated carbocycles. The predicted molar refractivity (Wildman–Crippen MR) is 46.4 cm³/mol. The molecule has 1 unspecified atom stereocenters. The lowest BCUT2D eigenvalue weighted by molar-refractivity contribution is -0.297. The molecule has 0 amide bonds. The number of esters is 1. The first-order valence-electron chi connectivity index (χ1n) is 4.87. The number of carbonyl (C=O) groups excluding carboxylic acids is 1. The minimum atomic E-state index is -6.01. The Morgan fingerprint density at radius 2 is 1.37 bits per heavy atom. The third-order valence-corrected chi connectivity index (χ3v) is 2.58. The second-order valence-electron chi connectivity index (χ2n) is 3.96. The van der Waals surface area contributed by atoms with Crippen molar-refractivity contribution in [1.29, 1.82) is 0 Å². The summed E-state index contributed by atoms with van der Waals surface area (Å²) >= 11 is 0. The minimum Gasteiger partial charge on any atom is -0.458 e. The number of rotatable bonds is 4. The van der Waals surface area contributed by atoms with Crippen molar-refractivity contribution in [2.45, 2.75) is 38.5 Å². The molecule has 0 aliphatic rings. The van der Waals surface area contributed by atoms with E-state index in [0.717, 1.165) is 6.92 Å². The highest BCUT2D eigenvalue weighted by Crippen LogP contribution is 2.42. The van der Waals surface area contributed by atoms with Crippen molar-refractivity contribution in [2.75, 3.05) is 6.61 Å². The van der Waals surface area contributed by atoms with E-state index in [1.54, 1.807) is 0 Å². The minimum absolute atomic E-state index is 0.362. The molecule has 0 heterocycles. The zero-order chi connectivity index (χ0) is 15.7. The number of ether oxygens (including phenoxy) is 1. The average Bonchev–Trinajstić information content (AvgIpc) is 2.21. The van der Waals surface area contributed by atoms with Gasteiger partial charge in [-0.1, -0.05) is 6.92 Å². The smallest absolute Gasteiger partial charge is 0.456 e. The summed E-state index contributed by atoms with van der Waals surface area (Å²) < 4.78 is 101. The maximum Gasteiger partial charge on any atom is 0.456 e. The molecule has 19 heavy (non-hydrogen) atoms. The Labute approximate surface area is 102 Å². The Balaban J connectivity index is 4.90. The van der Waals surface area contributed by atoms with Crippen LogP contribution in [0.2, 0.25) is 0 Å². The number of halogens is 8. The van der Waals surface area contributed by atoms with Gasteiger partial charge in [-0.05, 0) is 13.3 Å². The van der Waals surface area contributed by atoms with Crippen molar-refractivity contribution >= 4 is 5.97 Å². The molecule has 0 aliphatic heterocycles. The third kappa shape index (κ3) is 3.69. The Kier molecular flexibility index (Phi) is 4.83. The van der Waals surface area contributed by atoms with E-state index in [-0.39, 0.29) is 0 Å². The van der Waals surface area contributed by atoms with Gasteiger partial charge in [0.05, 0.1) is 0 Å². The van der Waals surface area contributed by atoms with Crippen molar-refractivity contribution in [3.8, 4) is 0 Å². The van der Waals surface area contributed by atoms with Gasteiger partial charge in [0.15, 0.2) is 12.0 Å². The first kappa shape index (κ1) is 17.9. The van der Waals surface area contributed by atoms with E-state index in [4.69, 9.17) is 0 Å². The fourth-order valence-corrected chi connectivity index (χ4v) is 0.858. The highest BCUT2D eigenvalue weighted by molar-refractivity contribution is 5.77. The van der Waals surface area contributed by atoms with Gasteiger partial charge in [-0.25, -0.2) is 0 Å². The highest BCUT2D eigenvalue weighted by atomic mass is 19.4. The third-order valence-electron chi connectivity index (χ3n) is 2.58. The molecule has 0 bridgehead atoms. The molecule has 0 spiro atoms. The van der Waals surface area contributed by atoms with Gasteiger partial charge in [-0.15, -0.1) is 0 Å². The van der Waals surface area contributed by atoms with Gasteiger partial charge in [-0.3, -0.25) is 4.79 Å². The van der Waals surface area contributed by atoms with E-state index in [1.807, 2.05) is 0 Å². The quantitative estimate of drug-likeness (QED) is 0.584. The Bertz CT molecular complexity index is 332. The molecule has 0 rings (SSSR count). The first-order chi connectivity index (χ1) is 8.19. The van der Waals surface area contributed by atoms with Gasteiger partial charge in [0.2, 0.25) is 0 Å². The van der Waals surface area contributed by atoms with Crippen LogP contribution in [0.5, 0.6) is 0 Å². The number of carbonyl (C=O) groups is 1. The number of hydrogen-bond acceptors (Lipinski definition) is 2. The largest absolute Gasteiger partial charge is 0.458 e. The monoisotopic (exact) mass is 302 g/mol. The normalized spacial score (nSPS) is 16.9. The molecule has 114 valence electrons. The topological polar surface area (TPSA) is 26.3 Å². The summed E-state index contributed by atoms with van der Waals surface area (Å²) in [4.78, 5) is 11.1. The lowest BCUT2D eigenvalue weighted by Crippen LogP contribution is -2.47. The van der Waals surface area contributed by atoms with Crippen LogP contribution < -0.4 is 0 Å². The molecule has 10 heteroatoms. The first-order valence-corrected chi connectivity index (χ1v) is 4.87. The van der Waals surface area contributed by atoms with Gasteiger partial charge in [0.1, 0.15) is 0 Å². The van der Waals surface area contributed by atoms with Crippen molar-refractivity contribution in [3.63, 3.8) is 0 Å². The molecule has 0 aromatic heterocycles. The Hall–Kier alpha value is -1.09. The maximum absolute atomic E-state index is 12.5. The molecule has 0 radical (unpaired) electrons. The van der Waals surface area contributed by atoms with Crippen LogP contribution in [0.3, 0.4) is 0 Å².